The first-order valence-electron chi connectivity index (χ1n) is 10.7. The van der Waals surface area contributed by atoms with Crippen molar-refractivity contribution in [2.75, 3.05) is 49.3 Å². The Morgan fingerprint density at radius 3 is 2.33 bits per heavy atom. The highest BCUT2D eigenvalue weighted by Gasteiger charge is 2.34. The monoisotopic (exact) mass is 485 g/mol. The van der Waals surface area contributed by atoms with Crippen molar-refractivity contribution in [3.8, 4) is 0 Å². The lowest BCUT2D eigenvalue weighted by molar-refractivity contribution is 0.0483. The largest absolute Gasteiger partial charge is 0.443 e. The smallest absolute Gasteiger partial charge is 0.426 e. The molecule has 1 aromatic heterocycles. The molecule has 0 saturated heterocycles. The molecule has 12 heteroatoms. The summed E-state index contributed by atoms with van der Waals surface area (Å²) >= 11 is 0. The van der Waals surface area contributed by atoms with E-state index in [0.29, 0.717) is 37.4 Å². The number of ether oxygens (including phenoxy) is 2. The molecule has 0 aromatic carbocycles. The Hall–Kier alpha value is -2.60. The van der Waals surface area contributed by atoms with Gasteiger partial charge in [-0.25, -0.2) is 23.6 Å². The maximum atomic E-state index is 12.8. The molecule has 0 bridgehead atoms. The molecular formula is C21H35N5O6S. The predicted molar refractivity (Wildman–Crippen MR) is 126 cm³/mol. The molecule has 1 aliphatic rings. The third-order valence-electron chi connectivity index (χ3n) is 5.18. The number of rotatable bonds is 9. The van der Waals surface area contributed by atoms with Crippen LogP contribution in [-0.2, 0) is 19.5 Å². The van der Waals surface area contributed by atoms with Gasteiger partial charge in [0.2, 0.25) is 10.0 Å². The third-order valence-corrected chi connectivity index (χ3v) is 6.36. The number of nitrogens with zero attached hydrogens (tertiary/aromatic N) is 3. The van der Waals surface area contributed by atoms with Gasteiger partial charge in [0, 0.05) is 32.8 Å². The van der Waals surface area contributed by atoms with Crippen LogP contribution in [0.25, 0.3) is 0 Å². The molecule has 1 heterocycles. The SMILES string of the molecule is COCCN(CC1CC1C)c1cc(C(=O)NNC(=O)OC(C)(C)C)cc(N(C)S(C)(=O)=O)n1. The van der Waals surface area contributed by atoms with Gasteiger partial charge in [-0.05, 0) is 51.2 Å². The molecule has 2 rings (SSSR count). The fourth-order valence-corrected chi connectivity index (χ4v) is 3.48. The summed E-state index contributed by atoms with van der Waals surface area (Å²) in [5.41, 5.74) is 3.90. The van der Waals surface area contributed by atoms with Gasteiger partial charge in [0.25, 0.3) is 5.91 Å². The quantitative estimate of drug-likeness (QED) is 0.506. The van der Waals surface area contributed by atoms with Crippen LogP contribution in [0, 0.1) is 11.8 Å². The summed E-state index contributed by atoms with van der Waals surface area (Å²) in [4.78, 5) is 31.2. The molecule has 2 unspecified atom stereocenters. The van der Waals surface area contributed by atoms with Crippen LogP contribution in [0.2, 0.25) is 0 Å². The second-order valence-corrected chi connectivity index (χ2v) is 11.3. The Balaban J connectivity index is 2.34. The topological polar surface area (TPSA) is 130 Å². The zero-order valence-electron chi connectivity index (χ0n) is 20.3. The molecular weight excluding hydrogens is 450 g/mol. The van der Waals surface area contributed by atoms with Gasteiger partial charge >= 0.3 is 6.09 Å². The zero-order valence-corrected chi connectivity index (χ0v) is 21.2. The van der Waals surface area contributed by atoms with E-state index < -0.39 is 27.6 Å². The predicted octanol–water partition coefficient (Wildman–Crippen LogP) is 1.76. The Morgan fingerprint density at radius 2 is 1.82 bits per heavy atom. The van der Waals surface area contributed by atoms with E-state index in [0.717, 1.165) is 17.0 Å². The number of carbonyl (C=O) groups is 2. The van der Waals surface area contributed by atoms with E-state index >= 15 is 0 Å². The average molecular weight is 486 g/mol. The Bertz CT molecular complexity index is 962. The normalized spacial score (nSPS) is 17.8. The lowest BCUT2D eigenvalue weighted by Gasteiger charge is -2.26. The number of nitrogens with one attached hydrogen (secondary N) is 2. The second-order valence-electron chi connectivity index (χ2n) is 9.30. The van der Waals surface area contributed by atoms with Crippen LogP contribution < -0.4 is 20.1 Å². The molecule has 1 aliphatic carbocycles. The van der Waals surface area contributed by atoms with Crippen LogP contribution in [0.4, 0.5) is 16.4 Å². The Labute approximate surface area is 195 Å². The van der Waals surface area contributed by atoms with Crippen LogP contribution in [0.5, 0.6) is 0 Å². The summed E-state index contributed by atoms with van der Waals surface area (Å²) in [6.07, 6.45) is 1.34. The van der Waals surface area contributed by atoms with Crippen molar-refractivity contribution in [3.63, 3.8) is 0 Å². The fraction of sp³-hybridized carbons (Fsp3) is 0.667. The van der Waals surface area contributed by atoms with Gasteiger partial charge in [0.1, 0.15) is 17.2 Å². The summed E-state index contributed by atoms with van der Waals surface area (Å²) in [5.74, 6) is 0.980. The van der Waals surface area contributed by atoms with E-state index in [1.807, 2.05) is 4.90 Å². The summed E-state index contributed by atoms with van der Waals surface area (Å²) < 4.78 is 35.6. The molecule has 2 atom stereocenters. The number of hydrogen-bond acceptors (Lipinski definition) is 8. The third kappa shape index (κ3) is 8.35. The molecule has 1 aromatic rings. The molecule has 186 valence electrons. The van der Waals surface area contributed by atoms with E-state index in [2.05, 4.69) is 22.8 Å². The van der Waals surface area contributed by atoms with Crippen LogP contribution in [-0.4, -0.2) is 71.1 Å². The van der Waals surface area contributed by atoms with Crippen molar-refractivity contribution < 1.29 is 27.5 Å². The molecule has 1 saturated carbocycles. The number of amides is 2. The van der Waals surface area contributed by atoms with Crippen molar-refractivity contribution >= 4 is 33.7 Å². The molecule has 0 radical (unpaired) electrons. The number of sulfonamides is 1. The van der Waals surface area contributed by atoms with E-state index in [4.69, 9.17) is 9.47 Å². The summed E-state index contributed by atoms with van der Waals surface area (Å²) in [7, 11) is -0.654. The first-order valence-corrected chi connectivity index (χ1v) is 12.6. The molecule has 0 spiro atoms. The van der Waals surface area contributed by atoms with Crippen molar-refractivity contribution in [2.24, 2.45) is 11.8 Å². The minimum atomic E-state index is -3.62. The van der Waals surface area contributed by atoms with Crippen molar-refractivity contribution in [1.82, 2.24) is 15.8 Å². The van der Waals surface area contributed by atoms with Gasteiger partial charge < -0.3 is 14.4 Å². The number of pyridine rings is 1. The van der Waals surface area contributed by atoms with Gasteiger partial charge in [-0.1, -0.05) is 6.92 Å². The van der Waals surface area contributed by atoms with Gasteiger partial charge in [-0.15, -0.1) is 0 Å². The number of hydrogen-bond donors (Lipinski definition) is 2. The molecule has 0 aliphatic heterocycles. The van der Waals surface area contributed by atoms with Gasteiger partial charge in [-0.2, -0.15) is 0 Å². The lowest BCUT2D eigenvalue weighted by Crippen LogP contribution is -2.44. The molecule has 2 amide bonds. The molecule has 1 fully saturated rings. The van der Waals surface area contributed by atoms with E-state index in [-0.39, 0.29) is 11.4 Å². The van der Waals surface area contributed by atoms with E-state index in [9.17, 15) is 18.0 Å². The standard InChI is InChI=1S/C21H35N5O6S/c1-14-10-16(14)13-26(8-9-31-6)18-12-15(11-17(22-18)25(5)33(7,29)30)19(27)23-24-20(28)32-21(2,3)4/h11-12,14,16H,8-10,13H2,1-7H3,(H,23,27)(H,24,28). The van der Waals surface area contributed by atoms with Crippen LogP contribution >= 0.6 is 0 Å². The number of hydrazine groups is 1. The minimum Gasteiger partial charge on any atom is -0.443 e. The van der Waals surface area contributed by atoms with Crippen LogP contribution in [0.1, 0.15) is 44.5 Å². The summed E-state index contributed by atoms with van der Waals surface area (Å²) in [6.45, 7) is 8.94. The second kappa shape index (κ2) is 10.6. The fourth-order valence-electron chi connectivity index (χ4n) is 3.05. The van der Waals surface area contributed by atoms with Gasteiger partial charge in [0.15, 0.2) is 0 Å². The minimum absolute atomic E-state index is 0.0867. The first kappa shape index (κ1) is 26.7. The van der Waals surface area contributed by atoms with Crippen molar-refractivity contribution in [2.45, 2.75) is 39.7 Å². The maximum Gasteiger partial charge on any atom is 0.426 e. The lowest BCUT2D eigenvalue weighted by atomic mass is 10.2. The summed E-state index contributed by atoms with van der Waals surface area (Å²) in [5, 5.41) is 0. The highest BCUT2D eigenvalue weighted by molar-refractivity contribution is 7.92. The zero-order chi connectivity index (χ0) is 25.0. The highest BCUT2D eigenvalue weighted by atomic mass is 32.2. The maximum absolute atomic E-state index is 12.8. The van der Waals surface area contributed by atoms with Crippen molar-refractivity contribution in [3.05, 3.63) is 17.7 Å². The Kier molecular flexibility index (Phi) is 8.52. The van der Waals surface area contributed by atoms with Crippen molar-refractivity contribution in [1.29, 1.82) is 0 Å². The van der Waals surface area contributed by atoms with E-state index in [1.165, 1.54) is 13.1 Å². The summed E-state index contributed by atoms with van der Waals surface area (Å²) in [6, 6.07) is 2.92. The number of anilines is 2. The van der Waals surface area contributed by atoms with Gasteiger partial charge in [-0.3, -0.25) is 14.5 Å². The van der Waals surface area contributed by atoms with Crippen LogP contribution in [0.3, 0.4) is 0 Å². The molecule has 33 heavy (non-hydrogen) atoms. The number of aromatic nitrogens is 1. The molecule has 11 nitrogen and oxygen atoms in total. The van der Waals surface area contributed by atoms with E-state index in [1.54, 1.807) is 33.9 Å². The highest BCUT2D eigenvalue weighted by Crippen LogP contribution is 2.39. The molecule has 2 N–H and O–H groups in total. The number of methoxy groups -OCH3 is 1. The van der Waals surface area contributed by atoms with Crippen LogP contribution in [0.15, 0.2) is 12.1 Å². The average Bonchev–Trinajstić information content (AvgIpc) is 3.40. The Morgan fingerprint density at radius 1 is 1.21 bits per heavy atom. The number of carbonyl (C=O) groups excluding carboxylic acids is 2. The first-order chi connectivity index (χ1) is 15.2. The van der Waals surface area contributed by atoms with Gasteiger partial charge in [0.05, 0.1) is 12.9 Å².